The Kier molecular flexibility index (Phi) is 5.50. The molecule has 1 amide bonds. The lowest BCUT2D eigenvalue weighted by Crippen LogP contribution is -2.29. The summed E-state index contributed by atoms with van der Waals surface area (Å²) in [5.74, 6) is 0.152. The molecular formula is C12H19N3O. The van der Waals surface area contributed by atoms with Gasteiger partial charge in [0, 0.05) is 31.9 Å². The number of hydrogen-bond acceptors (Lipinski definition) is 3. The highest BCUT2D eigenvalue weighted by atomic mass is 16.2. The lowest BCUT2D eigenvalue weighted by Gasteiger charge is -2.16. The highest BCUT2D eigenvalue weighted by molar-refractivity contribution is 5.76. The van der Waals surface area contributed by atoms with Crippen molar-refractivity contribution in [2.75, 3.05) is 20.1 Å². The van der Waals surface area contributed by atoms with Gasteiger partial charge in [0.1, 0.15) is 0 Å². The van der Waals surface area contributed by atoms with E-state index in [-0.39, 0.29) is 5.91 Å². The molecule has 4 heteroatoms. The molecule has 88 valence electrons. The van der Waals surface area contributed by atoms with Gasteiger partial charge in [0.25, 0.3) is 0 Å². The summed E-state index contributed by atoms with van der Waals surface area (Å²) >= 11 is 0. The number of nitrogens with zero attached hydrogens (tertiary/aromatic N) is 2. The Morgan fingerprint density at radius 3 is 2.94 bits per heavy atom. The van der Waals surface area contributed by atoms with E-state index in [1.807, 2.05) is 25.2 Å². The van der Waals surface area contributed by atoms with Crippen molar-refractivity contribution in [3.8, 4) is 0 Å². The maximum atomic E-state index is 11.7. The molecule has 16 heavy (non-hydrogen) atoms. The minimum Gasteiger partial charge on any atom is -0.346 e. The van der Waals surface area contributed by atoms with E-state index in [4.69, 9.17) is 5.73 Å². The van der Waals surface area contributed by atoms with Crippen LogP contribution >= 0.6 is 0 Å². The minimum atomic E-state index is 0.152. The molecule has 0 fully saturated rings. The predicted octanol–water partition coefficient (Wildman–Crippen LogP) is 0.821. The topological polar surface area (TPSA) is 59.2 Å². The smallest absolute Gasteiger partial charge is 0.222 e. The molecule has 1 aromatic rings. The first-order valence-corrected chi connectivity index (χ1v) is 5.58. The van der Waals surface area contributed by atoms with Crippen LogP contribution in [0.4, 0.5) is 0 Å². The van der Waals surface area contributed by atoms with Crippen molar-refractivity contribution < 1.29 is 4.79 Å². The number of carbonyl (C=O) groups excluding carboxylic acids is 1. The average molecular weight is 221 g/mol. The van der Waals surface area contributed by atoms with Crippen LogP contribution in [-0.2, 0) is 11.2 Å². The van der Waals surface area contributed by atoms with E-state index in [2.05, 4.69) is 4.98 Å². The van der Waals surface area contributed by atoms with Gasteiger partial charge >= 0.3 is 0 Å². The van der Waals surface area contributed by atoms with Crippen LogP contribution in [0.15, 0.2) is 24.4 Å². The molecule has 0 saturated heterocycles. The van der Waals surface area contributed by atoms with Gasteiger partial charge in [-0.2, -0.15) is 0 Å². The zero-order chi connectivity index (χ0) is 11.8. The second kappa shape index (κ2) is 6.95. The molecule has 1 aromatic heterocycles. The molecule has 0 spiro atoms. The molecule has 2 N–H and O–H groups in total. The summed E-state index contributed by atoms with van der Waals surface area (Å²) in [6.45, 7) is 1.36. The summed E-state index contributed by atoms with van der Waals surface area (Å²) in [4.78, 5) is 17.6. The summed E-state index contributed by atoms with van der Waals surface area (Å²) < 4.78 is 0. The maximum Gasteiger partial charge on any atom is 0.222 e. The summed E-state index contributed by atoms with van der Waals surface area (Å²) in [7, 11) is 1.82. The molecule has 0 aromatic carbocycles. The van der Waals surface area contributed by atoms with Gasteiger partial charge in [-0.05, 0) is 31.5 Å². The Balaban J connectivity index is 2.29. The Labute approximate surface area is 96.5 Å². The molecule has 4 nitrogen and oxygen atoms in total. The van der Waals surface area contributed by atoms with Gasteiger partial charge in [-0.25, -0.2) is 0 Å². The number of carbonyl (C=O) groups is 1. The van der Waals surface area contributed by atoms with Crippen LogP contribution in [0.2, 0.25) is 0 Å². The number of aryl methyl sites for hydroxylation is 1. The predicted molar refractivity (Wildman–Crippen MR) is 63.9 cm³/mol. The largest absolute Gasteiger partial charge is 0.346 e. The summed E-state index contributed by atoms with van der Waals surface area (Å²) in [5, 5.41) is 0. The molecule has 1 heterocycles. The first kappa shape index (κ1) is 12.6. The fourth-order valence-corrected chi connectivity index (χ4v) is 1.43. The average Bonchev–Trinajstić information content (AvgIpc) is 2.34. The van der Waals surface area contributed by atoms with Crippen LogP contribution in [0.5, 0.6) is 0 Å². The van der Waals surface area contributed by atoms with Crippen LogP contribution in [0.25, 0.3) is 0 Å². The molecule has 0 aliphatic rings. The summed E-state index contributed by atoms with van der Waals surface area (Å²) in [5.41, 5.74) is 6.36. The normalized spacial score (nSPS) is 10.1. The van der Waals surface area contributed by atoms with Crippen LogP contribution < -0.4 is 5.73 Å². The highest BCUT2D eigenvalue weighted by Gasteiger charge is 2.08. The van der Waals surface area contributed by atoms with Crippen LogP contribution in [0, 0.1) is 0 Å². The number of aromatic nitrogens is 1. The lowest BCUT2D eigenvalue weighted by molar-refractivity contribution is -0.129. The van der Waals surface area contributed by atoms with Gasteiger partial charge in [-0.3, -0.25) is 9.78 Å². The quantitative estimate of drug-likeness (QED) is 0.773. The Hall–Kier alpha value is -1.42. The first-order chi connectivity index (χ1) is 7.74. The molecule has 0 aliphatic heterocycles. The van der Waals surface area contributed by atoms with E-state index in [9.17, 15) is 4.79 Å². The van der Waals surface area contributed by atoms with Crippen molar-refractivity contribution >= 4 is 5.91 Å². The molecule has 0 bridgehead atoms. The number of rotatable bonds is 6. The van der Waals surface area contributed by atoms with Crippen LogP contribution in [0.3, 0.4) is 0 Å². The van der Waals surface area contributed by atoms with Gasteiger partial charge in [0.05, 0.1) is 0 Å². The molecule has 1 rings (SSSR count). The molecule has 0 atom stereocenters. The summed E-state index contributed by atoms with van der Waals surface area (Å²) in [6.07, 6.45) is 3.81. The van der Waals surface area contributed by atoms with E-state index in [1.54, 1.807) is 11.1 Å². The number of hydrogen-bond donors (Lipinski definition) is 1. The summed E-state index contributed by atoms with van der Waals surface area (Å²) in [6, 6.07) is 5.75. The molecule has 0 aliphatic carbocycles. The fourth-order valence-electron chi connectivity index (χ4n) is 1.43. The van der Waals surface area contributed by atoms with Crippen molar-refractivity contribution in [1.29, 1.82) is 0 Å². The van der Waals surface area contributed by atoms with Gasteiger partial charge in [0.15, 0.2) is 0 Å². The minimum absolute atomic E-state index is 0.152. The third-order valence-electron chi connectivity index (χ3n) is 2.44. The molecule has 0 unspecified atom stereocenters. The van der Waals surface area contributed by atoms with Crippen molar-refractivity contribution in [1.82, 2.24) is 9.88 Å². The van der Waals surface area contributed by atoms with Gasteiger partial charge in [-0.1, -0.05) is 6.07 Å². The van der Waals surface area contributed by atoms with Crippen LogP contribution in [-0.4, -0.2) is 35.9 Å². The maximum absolute atomic E-state index is 11.7. The highest BCUT2D eigenvalue weighted by Crippen LogP contribution is 2.01. The third kappa shape index (κ3) is 4.40. The molecule has 0 radical (unpaired) electrons. The van der Waals surface area contributed by atoms with E-state index in [0.717, 1.165) is 18.7 Å². The fraction of sp³-hybridized carbons (Fsp3) is 0.500. The van der Waals surface area contributed by atoms with Gasteiger partial charge in [0.2, 0.25) is 5.91 Å². The van der Waals surface area contributed by atoms with Crippen molar-refractivity contribution in [3.05, 3.63) is 30.1 Å². The Morgan fingerprint density at radius 1 is 1.50 bits per heavy atom. The van der Waals surface area contributed by atoms with E-state index in [1.165, 1.54) is 0 Å². The monoisotopic (exact) mass is 221 g/mol. The first-order valence-electron chi connectivity index (χ1n) is 5.58. The lowest BCUT2D eigenvalue weighted by atomic mass is 10.2. The van der Waals surface area contributed by atoms with Gasteiger partial charge < -0.3 is 10.6 Å². The zero-order valence-corrected chi connectivity index (χ0v) is 9.72. The second-order valence-electron chi connectivity index (χ2n) is 3.78. The van der Waals surface area contributed by atoms with Gasteiger partial charge in [-0.15, -0.1) is 0 Å². The van der Waals surface area contributed by atoms with Crippen molar-refractivity contribution in [2.24, 2.45) is 5.73 Å². The van der Waals surface area contributed by atoms with E-state index >= 15 is 0 Å². The van der Waals surface area contributed by atoms with Crippen LogP contribution in [0.1, 0.15) is 18.5 Å². The second-order valence-corrected chi connectivity index (χ2v) is 3.78. The van der Waals surface area contributed by atoms with Crippen molar-refractivity contribution in [3.63, 3.8) is 0 Å². The third-order valence-corrected chi connectivity index (χ3v) is 2.44. The number of amides is 1. The van der Waals surface area contributed by atoms with E-state index in [0.29, 0.717) is 19.4 Å². The number of pyridine rings is 1. The standard InChI is InChI=1S/C12H19N3O/c1-15(10-4-8-13)12(16)7-6-11-5-2-3-9-14-11/h2-3,5,9H,4,6-8,10,13H2,1H3. The Morgan fingerprint density at radius 2 is 2.31 bits per heavy atom. The molecular weight excluding hydrogens is 202 g/mol. The Bertz CT molecular complexity index is 313. The zero-order valence-electron chi connectivity index (χ0n) is 9.72. The van der Waals surface area contributed by atoms with E-state index < -0.39 is 0 Å². The molecule has 0 saturated carbocycles. The van der Waals surface area contributed by atoms with Crippen molar-refractivity contribution in [2.45, 2.75) is 19.3 Å². The SMILES string of the molecule is CN(CCCN)C(=O)CCc1ccccn1. The number of nitrogens with two attached hydrogens (primary N) is 1.